The molecule has 1 N–H and O–H groups in total. The molecule has 0 radical (unpaired) electrons. The Labute approximate surface area is 148 Å². The predicted octanol–water partition coefficient (Wildman–Crippen LogP) is 4.83. The van der Waals surface area contributed by atoms with Crippen LogP contribution in [0, 0.1) is 0 Å². The normalized spacial score (nSPS) is 10.4. The molecule has 0 aromatic heterocycles. The zero-order valence-corrected chi connectivity index (χ0v) is 14.1. The van der Waals surface area contributed by atoms with E-state index in [4.69, 9.17) is 9.47 Å². The zero-order valence-electron chi connectivity index (χ0n) is 14.1. The van der Waals surface area contributed by atoms with Gasteiger partial charge in [0.1, 0.15) is 17.2 Å². The number of benzene rings is 3. The predicted molar refractivity (Wildman–Crippen MR) is 99.4 cm³/mol. The van der Waals surface area contributed by atoms with Gasteiger partial charge >= 0.3 is 0 Å². The van der Waals surface area contributed by atoms with E-state index in [0.29, 0.717) is 19.0 Å². The van der Waals surface area contributed by atoms with Crippen LogP contribution < -0.4 is 9.47 Å². The van der Waals surface area contributed by atoms with E-state index in [9.17, 15) is 5.11 Å². The van der Waals surface area contributed by atoms with Gasteiger partial charge < -0.3 is 14.6 Å². The second-order valence-electron chi connectivity index (χ2n) is 5.85. The molecule has 3 aromatic rings. The van der Waals surface area contributed by atoms with Crippen LogP contribution in [-0.4, -0.2) is 18.3 Å². The Balaban J connectivity index is 1.38. The second kappa shape index (κ2) is 8.78. The van der Waals surface area contributed by atoms with Crippen molar-refractivity contribution in [2.75, 3.05) is 13.2 Å². The van der Waals surface area contributed by atoms with Gasteiger partial charge in [0.2, 0.25) is 0 Å². The number of phenolic OH excluding ortho intramolecular Hbond substituents is 1. The van der Waals surface area contributed by atoms with Crippen LogP contribution in [0.5, 0.6) is 17.2 Å². The zero-order chi connectivity index (χ0) is 17.3. The molecule has 0 heterocycles. The largest absolute Gasteiger partial charge is 0.508 e. The first-order valence-corrected chi connectivity index (χ1v) is 8.47. The van der Waals surface area contributed by atoms with Crippen molar-refractivity contribution in [2.45, 2.75) is 12.8 Å². The van der Waals surface area contributed by atoms with Gasteiger partial charge in [0, 0.05) is 12.5 Å². The molecule has 0 unspecified atom stereocenters. The molecule has 3 rings (SSSR count). The van der Waals surface area contributed by atoms with E-state index in [2.05, 4.69) is 36.4 Å². The summed E-state index contributed by atoms with van der Waals surface area (Å²) in [5.41, 5.74) is 2.58. The van der Waals surface area contributed by atoms with Gasteiger partial charge in [-0.2, -0.15) is 0 Å². The average molecular weight is 334 g/mol. The van der Waals surface area contributed by atoms with Crippen molar-refractivity contribution < 1.29 is 14.6 Å². The van der Waals surface area contributed by atoms with Gasteiger partial charge in [0.05, 0.1) is 13.2 Å². The van der Waals surface area contributed by atoms with Crippen molar-refractivity contribution in [1.82, 2.24) is 0 Å². The minimum atomic E-state index is 0.212. The van der Waals surface area contributed by atoms with Crippen LogP contribution in [0.3, 0.4) is 0 Å². The van der Waals surface area contributed by atoms with Crippen LogP contribution >= 0.6 is 0 Å². The average Bonchev–Trinajstić information content (AvgIpc) is 2.64. The third-order valence-electron chi connectivity index (χ3n) is 3.82. The van der Waals surface area contributed by atoms with Crippen LogP contribution in [0.1, 0.15) is 17.5 Å². The number of phenols is 1. The molecule has 0 spiro atoms. The van der Waals surface area contributed by atoms with Gasteiger partial charge in [-0.1, -0.05) is 48.5 Å². The summed E-state index contributed by atoms with van der Waals surface area (Å²) in [6, 6.07) is 25.5. The molecule has 0 saturated carbocycles. The summed E-state index contributed by atoms with van der Waals surface area (Å²) in [5.74, 6) is 1.75. The fourth-order valence-corrected chi connectivity index (χ4v) is 2.55. The highest BCUT2D eigenvalue weighted by molar-refractivity contribution is 5.32. The van der Waals surface area contributed by atoms with Crippen molar-refractivity contribution in [2.24, 2.45) is 0 Å². The smallest absolute Gasteiger partial charge is 0.122 e. The summed E-state index contributed by atoms with van der Waals surface area (Å²) in [6.45, 7) is 1.15. The summed E-state index contributed by atoms with van der Waals surface area (Å²) in [4.78, 5) is 0. The van der Waals surface area contributed by atoms with Crippen LogP contribution in [0.2, 0.25) is 0 Å². The third-order valence-corrected chi connectivity index (χ3v) is 3.82. The Hall–Kier alpha value is -2.94. The summed E-state index contributed by atoms with van der Waals surface area (Å²) in [7, 11) is 0. The first-order chi connectivity index (χ1) is 12.3. The number of hydrogen-bond donors (Lipinski definition) is 1. The molecule has 0 fully saturated rings. The fourth-order valence-electron chi connectivity index (χ4n) is 2.55. The lowest BCUT2D eigenvalue weighted by molar-refractivity contribution is 0.247. The number of aromatic hydroxyl groups is 1. The van der Waals surface area contributed by atoms with Crippen molar-refractivity contribution in [3.63, 3.8) is 0 Å². The number of rotatable bonds is 8. The maximum atomic E-state index is 9.38. The lowest BCUT2D eigenvalue weighted by Crippen LogP contribution is -2.05. The second-order valence-corrected chi connectivity index (χ2v) is 5.85. The van der Waals surface area contributed by atoms with Crippen LogP contribution in [0.25, 0.3) is 0 Å². The molecule has 3 heteroatoms. The van der Waals surface area contributed by atoms with Crippen molar-refractivity contribution in [3.05, 3.63) is 90.0 Å². The number of hydrogen-bond acceptors (Lipinski definition) is 3. The van der Waals surface area contributed by atoms with E-state index >= 15 is 0 Å². The standard InChI is InChI=1S/C22H22O3/c23-20-8-4-9-22(17-20)25-15-5-14-24-21-12-10-19(11-13-21)16-18-6-2-1-3-7-18/h1-4,6-13,17,23H,5,14-16H2. The Morgan fingerprint density at radius 2 is 1.32 bits per heavy atom. The molecule has 128 valence electrons. The molecule has 0 aliphatic rings. The van der Waals surface area contributed by atoms with E-state index in [0.717, 1.165) is 18.6 Å². The Bertz CT molecular complexity index is 767. The summed E-state index contributed by atoms with van der Waals surface area (Å²) in [5, 5.41) is 9.38. The molecule has 0 saturated heterocycles. The molecule has 3 nitrogen and oxygen atoms in total. The highest BCUT2D eigenvalue weighted by atomic mass is 16.5. The molecular weight excluding hydrogens is 312 g/mol. The van der Waals surface area contributed by atoms with Gasteiger partial charge in [0.25, 0.3) is 0 Å². The summed E-state index contributed by atoms with van der Waals surface area (Å²) in [6.07, 6.45) is 1.71. The van der Waals surface area contributed by atoms with E-state index < -0.39 is 0 Å². The molecule has 0 amide bonds. The van der Waals surface area contributed by atoms with Gasteiger partial charge in [0.15, 0.2) is 0 Å². The SMILES string of the molecule is Oc1cccc(OCCCOc2ccc(Cc3ccccc3)cc2)c1. The Morgan fingerprint density at radius 3 is 2.04 bits per heavy atom. The quantitative estimate of drug-likeness (QED) is 0.600. The highest BCUT2D eigenvalue weighted by Gasteiger charge is 1.99. The monoisotopic (exact) mass is 334 g/mol. The Kier molecular flexibility index (Phi) is 5.94. The summed E-state index contributed by atoms with van der Waals surface area (Å²) >= 11 is 0. The fraction of sp³-hybridized carbons (Fsp3) is 0.182. The topological polar surface area (TPSA) is 38.7 Å². The molecular formula is C22H22O3. The van der Waals surface area contributed by atoms with Gasteiger partial charge in [-0.15, -0.1) is 0 Å². The van der Waals surface area contributed by atoms with E-state index in [1.807, 2.05) is 24.3 Å². The van der Waals surface area contributed by atoms with Crippen LogP contribution in [0.15, 0.2) is 78.9 Å². The minimum absolute atomic E-state index is 0.212. The van der Waals surface area contributed by atoms with Crippen LogP contribution in [0.4, 0.5) is 0 Å². The molecule has 25 heavy (non-hydrogen) atoms. The summed E-state index contributed by atoms with van der Waals surface area (Å²) < 4.78 is 11.3. The molecule has 0 atom stereocenters. The molecule has 3 aromatic carbocycles. The lowest BCUT2D eigenvalue weighted by Gasteiger charge is -2.09. The lowest BCUT2D eigenvalue weighted by atomic mass is 10.1. The van der Waals surface area contributed by atoms with Gasteiger partial charge in [-0.25, -0.2) is 0 Å². The van der Waals surface area contributed by atoms with Gasteiger partial charge in [-0.05, 0) is 41.8 Å². The van der Waals surface area contributed by atoms with Crippen molar-refractivity contribution in [3.8, 4) is 17.2 Å². The van der Waals surface area contributed by atoms with Crippen LogP contribution in [-0.2, 0) is 6.42 Å². The van der Waals surface area contributed by atoms with E-state index in [-0.39, 0.29) is 5.75 Å². The van der Waals surface area contributed by atoms with Gasteiger partial charge in [-0.3, -0.25) is 0 Å². The third kappa shape index (κ3) is 5.57. The Morgan fingerprint density at radius 1 is 0.640 bits per heavy atom. The minimum Gasteiger partial charge on any atom is -0.508 e. The van der Waals surface area contributed by atoms with Crippen molar-refractivity contribution in [1.29, 1.82) is 0 Å². The van der Waals surface area contributed by atoms with E-state index in [1.54, 1.807) is 18.2 Å². The maximum Gasteiger partial charge on any atom is 0.122 e. The molecule has 0 bridgehead atoms. The highest BCUT2D eigenvalue weighted by Crippen LogP contribution is 2.18. The first-order valence-electron chi connectivity index (χ1n) is 8.47. The number of ether oxygens (including phenoxy) is 2. The van der Waals surface area contributed by atoms with Crippen molar-refractivity contribution >= 4 is 0 Å². The molecule has 0 aliphatic carbocycles. The molecule has 0 aliphatic heterocycles. The maximum absolute atomic E-state index is 9.38. The first kappa shape index (κ1) is 16.9. The van der Waals surface area contributed by atoms with E-state index in [1.165, 1.54) is 11.1 Å².